The second-order valence-corrected chi connectivity index (χ2v) is 5.12. The van der Waals surface area contributed by atoms with Crippen LogP contribution in [0.25, 0.3) is 0 Å². The van der Waals surface area contributed by atoms with E-state index in [2.05, 4.69) is 5.32 Å². The number of carboxylic acids is 1. The highest BCUT2D eigenvalue weighted by atomic mass is 16.4. The molecule has 0 bridgehead atoms. The Bertz CT molecular complexity index is 306. The van der Waals surface area contributed by atoms with E-state index < -0.39 is 11.5 Å². The molecule has 4 N–H and O–H groups in total. The van der Waals surface area contributed by atoms with Gasteiger partial charge in [-0.3, -0.25) is 14.5 Å². The van der Waals surface area contributed by atoms with E-state index in [-0.39, 0.29) is 19.0 Å². The van der Waals surface area contributed by atoms with Crippen LogP contribution in [0.15, 0.2) is 0 Å². The van der Waals surface area contributed by atoms with Crippen LogP contribution in [0, 0.1) is 5.92 Å². The molecule has 1 aliphatic heterocycles. The maximum atomic E-state index is 11.5. The highest BCUT2D eigenvalue weighted by Gasteiger charge is 2.41. The van der Waals surface area contributed by atoms with Crippen molar-refractivity contribution in [2.75, 3.05) is 26.2 Å². The third-order valence-electron chi connectivity index (χ3n) is 2.88. The molecule has 1 amide bonds. The Morgan fingerprint density at radius 2 is 2.18 bits per heavy atom. The lowest BCUT2D eigenvalue weighted by Gasteiger charge is -2.19. The summed E-state index contributed by atoms with van der Waals surface area (Å²) in [5.74, 6) is -0.666. The first kappa shape index (κ1) is 13.9. The van der Waals surface area contributed by atoms with E-state index in [0.29, 0.717) is 25.4 Å². The molecule has 1 aliphatic rings. The summed E-state index contributed by atoms with van der Waals surface area (Å²) in [5, 5.41) is 11.7. The zero-order chi connectivity index (χ0) is 13.1. The number of carbonyl (C=O) groups is 2. The number of aliphatic carboxylic acids is 1. The van der Waals surface area contributed by atoms with Crippen molar-refractivity contribution in [1.82, 2.24) is 10.2 Å². The summed E-state index contributed by atoms with van der Waals surface area (Å²) in [6.07, 6.45) is 0.389. The van der Waals surface area contributed by atoms with Gasteiger partial charge in [-0.1, -0.05) is 13.8 Å². The van der Waals surface area contributed by atoms with Crippen molar-refractivity contribution >= 4 is 11.9 Å². The Morgan fingerprint density at radius 1 is 1.53 bits per heavy atom. The molecule has 1 saturated heterocycles. The average molecular weight is 243 g/mol. The van der Waals surface area contributed by atoms with E-state index in [1.165, 1.54) is 0 Å². The molecule has 6 heteroatoms. The summed E-state index contributed by atoms with van der Waals surface area (Å²) in [6.45, 7) is 5.69. The quantitative estimate of drug-likeness (QED) is 0.590. The molecule has 1 fully saturated rings. The fraction of sp³-hybridized carbons (Fsp3) is 0.818. The summed E-state index contributed by atoms with van der Waals surface area (Å²) >= 11 is 0. The van der Waals surface area contributed by atoms with Gasteiger partial charge in [-0.15, -0.1) is 0 Å². The van der Waals surface area contributed by atoms with E-state index in [4.69, 9.17) is 10.8 Å². The third kappa shape index (κ3) is 3.98. The zero-order valence-corrected chi connectivity index (χ0v) is 10.4. The molecule has 0 saturated carbocycles. The normalized spacial score (nSPS) is 25.2. The fourth-order valence-corrected chi connectivity index (χ4v) is 1.80. The van der Waals surface area contributed by atoms with Crippen LogP contribution in [0.5, 0.6) is 0 Å². The molecule has 17 heavy (non-hydrogen) atoms. The number of nitrogens with zero attached hydrogens (tertiary/aromatic N) is 1. The van der Waals surface area contributed by atoms with Gasteiger partial charge in [-0.25, -0.2) is 0 Å². The predicted molar refractivity (Wildman–Crippen MR) is 63.5 cm³/mol. The smallest absolute Gasteiger partial charge is 0.325 e. The maximum Gasteiger partial charge on any atom is 0.325 e. The van der Waals surface area contributed by atoms with E-state index in [1.54, 1.807) is 4.90 Å². The molecule has 0 aliphatic carbocycles. The Morgan fingerprint density at radius 3 is 2.65 bits per heavy atom. The van der Waals surface area contributed by atoms with Crippen molar-refractivity contribution in [3.05, 3.63) is 0 Å². The van der Waals surface area contributed by atoms with Crippen LogP contribution in [0.4, 0.5) is 0 Å². The number of carboxylic acid groups (broad SMARTS) is 1. The van der Waals surface area contributed by atoms with Gasteiger partial charge < -0.3 is 16.2 Å². The van der Waals surface area contributed by atoms with Gasteiger partial charge in [-0.05, 0) is 12.3 Å². The molecular weight excluding hydrogens is 222 g/mol. The standard InChI is InChI=1S/C11H21N3O3/c1-8(2)5-13-9(15)6-14-4-3-11(12,7-14)10(16)17/h8H,3-7,12H2,1-2H3,(H,13,15)(H,16,17). The van der Waals surface area contributed by atoms with Crippen LogP contribution in [-0.4, -0.2) is 53.6 Å². The van der Waals surface area contributed by atoms with Crippen molar-refractivity contribution < 1.29 is 14.7 Å². The number of nitrogens with one attached hydrogen (secondary N) is 1. The molecule has 1 atom stereocenters. The van der Waals surface area contributed by atoms with Gasteiger partial charge >= 0.3 is 5.97 Å². The van der Waals surface area contributed by atoms with Crippen LogP contribution in [-0.2, 0) is 9.59 Å². The minimum atomic E-state index is -1.20. The number of hydrogen-bond acceptors (Lipinski definition) is 4. The first-order valence-electron chi connectivity index (χ1n) is 5.85. The van der Waals surface area contributed by atoms with Crippen molar-refractivity contribution in [1.29, 1.82) is 0 Å². The Kier molecular flexibility index (Phi) is 4.47. The summed E-state index contributed by atoms with van der Waals surface area (Å²) in [7, 11) is 0. The summed E-state index contributed by atoms with van der Waals surface area (Å²) in [5.41, 5.74) is 4.52. The molecule has 0 aromatic carbocycles. The highest BCUT2D eigenvalue weighted by molar-refractivity contribution is 5.80. The van der Waals surface area contributed by atoms with Gasteiger partial charge in [0.1, 0.15) is 5.54 Å². The minimum Gasteiger partial charge on any atom is -0.480 e. The van der Waals surface area contributed by atoms with Crippen LogP contribution in [0.3, 0.4) is 0 Å². The maximum absolute atomic E-state index is 11.5. The van der Waals surface area contributed by atoms with Gasteiger partial charge in [0.05, 0.1) is 6.54 Å². The number of amides is 1. The number of rotatable bonds is 5. The second-order valence-electron chi connectivity index (χ2n) is 5.12. The van der Waals surface area contributed by atoms with Gasteiger partial charge in [0, 0.05) is 19.6 Å². The molecule has 1 rings (SSSR count). The van der Waals surface area contributed by atoms with Gasteiger partial charge in [0.15, 0.2) is 0 Å². The summed E-state index contributed by atoms with van der Waals surface area (Å²) in [6, 6.07) is 0. The van der Waals surface area contributed by atoms with Crippen molar-refractivity contribution in [2.24, 2.45) is 11.7 Å². The van der Waals surface area contributed by atoms with Crippen LogP contribution in [0.1, 0.15) is 20.3 Å². The second kappa shape index (κ2) is 5.46. The molecule has 0 aromatic rings. The van der Waals surface area contributed by atoms with Crippen LogP contribution >= 0.6 is 0 Å². The Labute approximate surface area is 101 Å². The van der Waals surface area contributed by atoms with E-state index >= 15 is 0 Å². The lowest BCUT2D eigenvalue weighted by atomic mass is 10.0. The fourth-order valence-electron chi connectivity index (χ4n) is 1.80. The number of nitrogens with two attached hydrogens (primary N) is 1. The van der Waals surface area contributed by atoms with Crippen LogP contribution in [0.2, 0.25) is 0 Å². The van der Waals surface area contributed by atoms with Gasteiger partial charge in [0.2, 0.25) is 5.91 Å². The van der Waals surface area contributed by atoms with Gasteiger partial charge in [-0.2, -0.15) is 0 Å². The Balaban J connectivity index is 2.35. The van der Waals surface area contributed by atoms with E-state index in [0.717, 1.165) is 0 Å². The van der Waals surface area contributed by atoms with E-state index in [9.17, 15) is 9.59 Å². The lowest BCUT2D eigenvalue weighted by molar-refractivity contribution is -0.143. The number of likely N-dealkylation sites (tertiary alicyclic amines) is 1. The van der Waals surface area contributed by atoms with Crippen LogP contribution < -0.4 is 11.1 Å². The largest absolute Gasteiger partial charge is 0.480 e. The van der Waals surface area contributed by atoms with Crippen molar-refractivity contribution in [3.63, 3.8) is 0 Å². The molecule has 1 heterocycles. The topological polar surface area (TPSA) is 95.7 Å². The zero-order valence-electron chi connectivity index (χ0n) is 10.4. The first-order chi connectivity index (χ1) is 7.83. The molecule has 1 unspecified atom stereocenters. The third-order valence-corrected chi connectivity index (χ3v) is 2.88. The minimum absolute atomic E-state index is 0.0756. The highest BCUT2D eigenvalue weighted by Crippen LogP contribution is 2.18. The first-order valence-corrected chi connectivity index (χ1v) is 5.85. The molecule has 0 spiro atoms. The molecule has 0 aromatic heterocycles. The summed E-state index contributed by atoms with van der Waals surface area (Å²) in [4.78, 5) is 24.2. The predicted octanol–water partition coefficient (Wildman–Crippen LogP) is -0.754. The Hall–Kier alpha value is -1.14. The van der Waals surface area contributed by atoms with Gasteiger partial charge in [0.25, 0.3) is 0 Å². The van der Waals surface area contributed by atoms with Crippen molar-refractivity contribution in [3.8, 4) is 0 Å². The number of carbonyl (C=O) groups excluding carboxylic acids is 1. The molecule has 0 radical (unpaired) electrons. The SMILES string of the molecule is CC(C)CNC(=O)CN1CCC(N)(C(=O)O)C1. The summed E-state index contributed by atoms with van der Waals surface area (Å²) < 4.78 is 0. The molecular formula is C11H21N3O3. The van der Waals surface area contributed by atoms with E-state index in [1.807, 2.05) is 13.8 Å². The molecule has 98 valence electrons. The monoisotopic (exact) mass is 243 g/mol. The number of hydrogen-bond donors (Lipinski definition) is 3. The average Bonchev–Trinajstić information content (AvgIpc) is 2.58. The van der Waals surface area contributed by atoms with Crippen molar-refractivity contribution in [2.45, 2.75) is 25.8 Å². The molecule has 6 nitrogen and oxygen atoms in total. The lowest BCUT2D eigenvalue weighted by Crippen LogP contribution is -2.50.